The molecule has 4 nitrogen and oxygen atoms in total. The van der Waals surface area contributed by atoms with Crippen molar-refractivity contribution >= 4 is 29.0 Å². The quantitative estimate of drug-likeness (QED) is 0.683. The predicted molar refractivity (Wildman–Crippen MR) is 74.4 cm³/mol. The molecule has 2 aromatic heterocycles. The lowest BCUT2D eigenvalue weighted by molar-refractivity contribution is 0.101. The van der Waals surface area contributed by atoms with Crippen LogP contribution in [0.1, 0.15) is 22.8 Å². The van der Waals surface area contributed by atoms with Crippen molar-refractivity contribution in [2.75, 3.05) is 0 Å². The van der Waals surface area contributed by atoms with E-state index in [-0.39, 0.29) is 12.4 Å². The van der Waals surface area contributed by atoms with Crippen molar-refractivity contribution < 1.29 is 9.90 Å². The Morgan fingerprint density at radius 2 is 1.68 bits per heavy atom. The minimum atomic E-state index is 0.00386. The first kappa shape index (κ1) is 15.6. The SMILES string of the molecule is CC(=O)c1ccc(Cl)nc1.OCc1ccc(Cl)nc1. The Morgan fingerprint density at radius 1 is 1.11 bits per heavy atom. The van der Waals surface area contributed by atoms with E-state index in [0.29, 0.717) is 15.9 Å². The lowest BCUT2D eigenvalue weighted by atomic mass is 10.2. The van der Waals surface area contributed by atoms with Crippen LogP contribution in [0, 0.1) is 0 Å². The van der Waals surface area contributed by atoms with Crippen LogP contribution in [0.15, 0.2) is 36.7 Å². The summed E-state index contributed by atoms with van der Waals surface area (Å²) in [5.41, 5.74) is 1.36. The van der Waals surface area contributed by atoms with Gasteiger partial charge in [0.05, 0.1) is 6.61 Å². The van der Waals surface area contributed by atoms with Crippen LogP contribution in [-0.2, 0) is 6.61 Å². The van der Waals surface area contributed by atoms with Crippen LogP contribution < -0.4 is 0 Å². The summed E-state index contributed by atoms with van der Waals surface area (Å²) in [6.45, 7) is 1.51. The molecule has 0 aliphatic carbocycles. The molecule has 2 aromatic rings. The van der Waals surface area contributed by atoms with Crippen molar-refractivity contribution in [3.8, 4) is 0 Å². The number of rotatable bonds is 2. The van der Waals surface area contributed by atoms with E-state index in [4.69, 9.17) is 28.3 Å². The minimum absolute atomic E-state index is 0.00386. The molecule has 0 saturated heterocycles. The van der Waals surface area contributed by atoms with Crippen LogP contribution in [0.5, 0.6) is 0 Å². The van der Waals surface area contributed by atoms with Crippen LogP contribution in [0.4, 0.5) is 0 Å². The lowest BCUT2D eigenvalue weighted by Crippen LogP contribution is -1.91. The largest absolute Gasteiger partial charge is 0.392 e. The van der Waals surface area contributed by atoms with Crippen molar-refractivity contribution in [1.82, 2.24) is 9.97 Å². The molecule has 0 fully saturated rings. The number of hydrogen-bond donors (Lipinski definition) is 1. The number of halogens is 2. The number of aliphatic hydroxyl groups is 1. The second-order valence-corrected chi connectivity index (χ2v) is 4.35. The van der Waals surface area contributed by atoms with Gasteiger partial charge in [0.2, 0.25) is 0 Å². The Labute approximate surface area is 121 Å². The van der Waals surface area contributed by atoms with Crippen molar-refractivity contribution in [2.24, 2.45) is 0 Å². The number of Topliss-reactive ketones (excluding diaryl/α,β-unsaturated/α-hetero) is 1. The highest BCUT2D eigenvalue weighted by Crippen LogP contribution is 2.05. The van der Waals surface area contributed by atoms with E-state index in [9.17, 15) is 4.79 Å². The molecule has 1 N–H and O–H groups in total. The summed E-state index contributed by atoms with van der Waals surface area (Å²) in [5, 5.41) is 9.40. The Hall–Kier alpha value is -1.49. The van der Waals surface area contributed by atoms with E-state index in [0.717, 1.165) is 5.56 Å². The first-order chi connectivity index (χ1) is 9.02. The van der Waals surface area contributed by atoms with Gasteiger partial charge in [-0.1, -0.05) is 29.3 Å². The van der Waals surface area contributed by atoms with Crippen LogP contribution >= 0.6 is 23.2 Å². The van der Waals surface area contributed by atoms with E-state index < -0.39 is 0 Å². The number of nitrogens with zero attached hydrogens (tertiary/aromatic N) is 2. The molecule has 100 valence electrons. The molecule has 6 heteroatoms. The Kier molecular flexibility index (Phi) is 6.42. The van der Waals surface area contributed by atoms with E-state index in [1.807, 2.05) is 0 Å². The molecule has 0 aliphatic heterocycles. The zero-order valence-electron chi connectivity index (χ0n) is 10.2. The standard InChI is InChI=1S/C7H6ClNO.C6H6ClNO/c1-5(10)6-2-3-7(8)9-4-6;7-6-2-1-5(4-9)3-8-6/h2-4H,1H3;1-3,9H,4H2. The number of carbonyl (C=O) groups is 1. The van der Waals surface area contributed by atoms with Crippen LogP contribution in [-0.4, -0.2) is 20.9 Å². The number of hydrogen-bond acceptors (Lipinski definition) is 4. The summed E-state index contributed by atoms with van der Waals surface area (Å²) in [4.78, 5) is 18.2. The monoisotopic (exact) mass is 298 g/mol. The van der Waals surface area contributed by atoms with Gasteiger partial charge in [0.1, 0.15) is 10.3 Å². The highest BCUT2D eigenvalue weighted by atomic mass is 35.5. The topological polar surface area (TPSA) is 63.1 Å². The van der Waals surface area contributed by atoms with Crippen LogP contribution in [0.25, 0.3) is 0 Å². The zero-order valence-corrected chi connectivity index (χ0v) is 11.7. The summed E-state index contributed by atoms with van der Waals surface area (Å²) in [6, 6.07) is 6.62. The molecule has 0 atom stereocenters. The molecule has 19 heavy (non-hydrogen) atoms. The second-order valence-electron chi connectivity index (χ2n) is 3.57. The molecule has 0 amide bonds. The average Bonchev–Trinajstić information content (AvgIpc) is 2.41. The molecule has 0 unspecified atom stereocenters. The summed E-state index contributed by atoms with van der Waals surface area (Å²) in [5.74, 6) is 0.00386. The first-order valence-electron chi connectivity index (χ1n) is 5.36. The van der Waals surface area contributed by atoms with E-state index >= 15 is 0 Å². The van der Waals surface area contributed by atoms with Crippen molar-refractivity contribution in [3.63, 3.8) is 0 Å². The fourth-order valence-corrected chi connectivity index (χ4v) is 1.31. The highest BCUT2D eigenvalue weighted by Gasteiger charge is 1.97. The predicted octanol–water partition coefficient (Wildman–Crippen LogP) is 3.16. The zero-order chi connectivity index (χ0) is 14.3. The van der Waals surface area contributed by atoms with Gasteiger partial charge in [-0.15, -0.1) is 0 Å². The number of aromatic nitrogens is 2. The van der Waals surface area contributed by atoms with Gasteiger partial charge in [-0.2, -0.15) is 0 Å². The first-order valence-corrected chi connectivity index (χ1v) is 6.12. The maximum absolute atomic E-state index is 10.7. The summed E-state index contributed by atoms with van der Waals surface area (Å²) >= 11 is 11.0. The van der Waals surface area contributed by atoms with Gasteiger partial charge in [-0.25, -0.2) is 9.97 Å². The number of aliphatic hydroxyl groups excluding tert-OH is 1. The fourth-order valence-electron chi connectivity index (χ4n) is 1.08. The number of ketones is 1. The Morgan fingerprint density at radius 3 is 2.05 bits per heavy atom. The normalized spacial score (nSPS) is 9.47. The number of carbonyl (C=O) groups excluding carboxylic acids is 1. The van der Waals surface area contributed by atoms with Gasteiger partial charge in [-0.05, 0) is 30.7 Å². The Bertz CT molecular complexity index is 527. The smallest absolute Gasteiger partial charge is 0.161 e. The van der Waals surface area contributed by atoms with E-state index in [1.54, 1.807) is 30.5 Å². The molecular formula is C13H12Cl2N2O2. The van der Waals surface area contributed by atoms with Crippen LogP contribution in [0.2, 0.25) is 10.3 Å². The fraction of sp³-hybridized carbons (Fsp3) is 0.154. The summed E-state index contributed by atoms with van der Waals surface area (Å²) < 4.78 is 0. The van der Waals surface area contributed by atoms with Gasteiger partial charge in [-0.3, -0.25) is 4.79 Å². The molecule has 0 spiro atoms. The third kappa shape index (κ3) is 5.79. The van der Waals surface area contributed by atoms with Crippen molar-refractivity contribution in [3.05, 3.63) is 58.1 Å². The van der Waals surface area contributed by atoms with Gasteiger partial charge in [0, 0.05) is 18.0 Å². The highest BCUT2D eigenvalue weighted by molar-refractivity contribution is 6.29. The van der Waals surface area contributed by atoms with E-state index in [1.165, 1.54) is 13.1 Å². The van der Waals surface area contributed by atoms with Gasteiger partial charge >= 0.3 is 0 Å². The molecule has 2 rings (SSSR count). The van der Waals surface area contributed by atoms with Crippen molar-refractivity contribution in [2.45, 2.75) is 13.5 Å². The van der Waals surface area contributed by atoms with Gasteiger partial charge < -0.3 is 5.11 Å². The Balaban J connectivity index is 0.000000191. The minimum Gasteiger partial charge on any atom is -0.392 e. The molecule has 2 heterocycles. The molecule has 0 radical (unpaired) electrons. The lowest BCUT2D eigenvalue weighted by Gasteiger charge is -1.91. The third-order valence-corrected chi connectivity index (χ3v) is 2.55. The average molecular weight is 299 g/mol. The maximum Gasteiger partial charge on any atom is 0.161 e. The number of pyridine rings is 2. The van der Waals surface area contributed by atoms with Gasteiger partial charge in [0.25, 0.3) is 0 Å². The molecular weight excluding hydrogens is 287 g/mol. The molecule has 0 aromatic carbocycles. The summed E-state index contributed by atoms with van der Waals surface area (Å²) in [6.07, 6.45) is 3.01. The van der Waals surface area contributed by atoms with Crippen LogP contribution in [0.3, 0.4) is 0 Å². The van der Waals surface area contributed by atoms with Crippen molar-refractivity contribution in [1.29, 1.82) is 0 Å². The van der Waals surface area contributed by atoms with E-state index in [2.05, 4.69) is 9.97 Å². The third-order valence-electron chi connectivity index (χ3n) is 2.11. The molecule has 0 saturated carbocycles. The summed E-state index contributed by atoms with van der Waals surface area (Å²) in [7, 11) is 0. The second kappa shape index (κ2) is 7.84. The maximum atomic E-state index is 10.7. The molecule has 0 bridgehead atoms. The van der Waals surface area contributed by atoms with Gasteiger partial charge in [0.15, 0.2) is 5.78 Å². The molecule has 0 aliphatic rings.